The summed E-state index contributed by atoms with van der Waals surface area (Å²) >= 11 is 1.82. The van der Waals surface area contributed by atoms with Crippen molar-refractivity contribution in [2.45, 2.75) is 25.8 Å². The zero-order valence-corrected chi connectivity index (χ0v) is 12.6. The van der Waals surface area contributed by atoms with Crippen LogP contribution in [0.25, 0.3) is 10.9 Å². The zero-order chi connectivity index (χ0) is 13.9. The van der Waals surface area contributed by atoms with Crippen molar-refractivity contribution in [2.75, 3.05) is 6.54 Å². The van der Waals surface area contributed by atoms with Gasteiger partial charge in [-0.2, -0.15) is 0 Å². The number of aromatic nitrogens is 1. The van der Waals surface area contributed by atoms with Crippen LogP contribution < -0.4 is 5.73 Å². The first-order valence-electron chi connectivity index (χ1n) is 7.13. The molecule has 1 unspecified atom stereocenters. The number of para-hydroxylation sites is 1. The van der Waals surface area contributed by atoms with Crippen LogP contribution in [0.15, 0.2) is 48.0 Å². The molecule has 2 heterocycles. The van der Waals surface area contributed by atoms with Gasteiger partial charge in [-0.1, -0.05) is 24.3 Å². The Morgan fingerprint density at radius 1 is 1.20 bits per heavy atom. The third-order valence-corrected chi connectivity index (χ3v) is 4.81. The number of nitrogens with zero attached hydrogens (tertiary/aromatic N) is 1. The second-order valence-electron chi connectivity index (χ2n) is 5.10. The first-order valence-corrected chi connectivity index (χ1v) is 8.01. The molecule has 104 valence electrons. The van der Waals surface area contributed by atoms with Crippen molar-refractivity contribution in [3.63, 3.8) is 0 Å². The van der Waals surface area contributed by atoms with E-state index in [4.69, 9.17) is 5.73 Å². The molecule has 0 spiro atoms. The topological polar surface area (TPSA) is 30.9 Å². The number of nitrogens with two attached hydrogens (primary N) is 1. The van der Waals surface area contributed by atoms with Crippen LogP contribution in [0.4, 0.5) is 0 Å². The molecule has 0 aliphatic rings. The van der Waals surface area contributed by atoms with Gasteiger partial charge in [-0.3, -0.25) is 0 Å². The molecule has 1 aromatic carbocycles. The fourth-order valence-corrected chi connectivity index (χ4v) is 3.64. The van der Waals surface area contributed by atoms with E-state index in [0.717, 1.165) is 13.0 Å². The maximum Gasteiger partial charge on any atom is 0.0483 e. The summed E-state index contributed by atoms with van der Waals surface area (Å²) in [7, 11) is 0. The average molecular weight is 284 g/mol. The molecular formula is C17H20N2S. The first kappa shape index (κ1) is 13.4. The van der Waals surface area contributed by atoms with Crippen molar-refractivity contribution in [1.29, 1.82) is 0 Å². The normalized spacial score (nSPS) is 12.9. The van der Waals surface area contributed by atoms with Gasteiger partial charge in [0, 0.05) is 34.4 Å². The zero-order valence-electron chi connectivity index (χ0n) is 11.8. The van der Waals surface area contributed by atoms with E-state index in [1.807, 2.05) is 11.3 Å². The fraction of sp³-hybridized carbons (Fsp3) is 0.294. The SMILES string of the molecule is CCn1cc(C(CN)Cc2cccs2)c2ccccc21. The summed E-state index contributed by atoms with van der Waals surface area (Å²) in [6, 6.07) is 12.9. The largest absolute Gasteiger partial charge is 0.347 e. The Morgan fingerprint density at radius 2 is 2.05 bits per heavy atom. The van der Waals surface area contributed by atoms with Crippen molar-refractivity contribution in [1.82, 2.24) is 4.57 Å². The predicted molar refractivity (Wildman–Crippen MR) is 87.4 cm³/mol. The van der Waals surface area contributed by atoms with Crippen LogP contribution in [0, 0.1) is 0 Å². The number of hydrogen-bond donors (Lipinski definition) is 1. The summed E-state index contributed by atoms with van der Waals surface area (Å²) in [5, 5.41) is 3.49. The molecule has 0 radical (unpaired) electrons. The molecule has 0 bridgehead atoms. The van der Waals surface area contributed by atoms with E-state index in [1.54, 1.807) is 0 Å². The third kappa shape index (κ3) is 2.39. The lowest BCUT2D eigenvalue weighted by molar-refractivity contribution is 0.696. The molecule has 2 N–H and O–H groups in total. The van der Waals surface area contributed by atoms with E-state index in [0.29, 0.717) is 12.5 Å². The molecule has 2 nitrogen and oxygen atoms in total. The minimum atomic E-state index is 0.395. The van der Waals surface area contributed by atoms with Gasteiger partial charge >= 0.3 is 0 Å². The number of benzene rings is 1. The van der Waals surface area contributed by atoms with Gasteiger partial charge in [0.05, 0.1) is 0 Å². The van der Waals surface area contributed by atoms with Crippen molar-refractivity contribution in [3.8, 4) is 0 Å². The number of thiophene rings is 1. The van der Waals surface area contributed by atoms with Gasteiger partial charge in [0.1, 0.15) is 0 Å². The second-order valence-corrected chi connectivity index (χ2v) is 6.14. The standard InChI is InChI=1S/C17H20N2S/c1-2-19-12-16(15-7-3-4-8-17(15)19)13(11-18)10-14-6-5-9-20-14/h3-9,12-13H,2,10-11,18H2,1H3. The Balaban J connectivity index is 2.03. The number of fused-ring (bicyclic) bond motifs is 1. The molecule has 3 heteroatoms. The lowest BCUT2D eigenvalue weighted by Gasteiger charge is -2.13. The highest BCUT2D eigenvalue weighted by molar-refractivity contribution is 7.09. The lowest BCUT2D eigenvalue weighted by atomic mass is 9.95. The van der Waals surface area contributed by atoms with Gasteiger partial charge in [-0.15, -0.1) is 11.3 Å². The van der Waals surface area contributed by atoms with Crippen LogP contribution in [0.3, 0.4) is 0 Å². The highest BCUT2D eigenvalue weighted by Gasteiger charge is 2.17. The highest BCUT2D eigenvalue weighted by Crippen LogP contribution is 2.30. The monoisotopic (exact) mass is 284 g/mol. The van der Waals surface area contributed by atoms with E-state index >= 15 is 0 Å². The van der Waals surface area contributed by atoms with Crippen LogP contribution in [0.1, 0.15) is 23.3 Å². The summed E-state index contributed by atoms with van der Waals surface area (Å²) in [6.45, 7) is 3.87. The van der Waals surface area contributed by atoms with Crippen LogP contribution in [-0.2, 0) is 13.0 Å². The summed E-state index contributed by atoms with van der Waals surface area (Å²) in [6.07, 6.45) is 3.32. The van der Waals surface area contributed by atoms with Gasteiger partial charge in [0.15, 0.2) is 0 Å². The van der Waals surface area contributed by atoms with Crippen molar-refractivity contribution in [3.05, 3.63) is 58.4 Å². The molecule has 0 fully saturated rings. The molecule has 0 amide bonds. The average Bonchev–Trinajstić information content (AvgIpc) is 3.12. The number of hydrogen-bond acceptors (Lipinski definition) is 2. The van der Waals surface area contributed by atoms with Gasteiger partial charge in [-0.25, -0.2) is 0 Å². The van der Waals surface area contributed by atoms with Crippen molar-refractivity contribution >= 4 is 22.2 Å². The number of rotatable bonds is 5. The van der Waals surface area contributed by atoms with Gasteiger partial charge in [-0.05, 0) is 43.0 Å². The molecule has 1 atom stereocenters. The summed E-state index contributed by atoms with van der Waals surface area (Å²) < 4.78 is 2.32. The van der Waals surface area contributed by atoms with E-state index < -0.39 is 0 Å². The molecule has 0 aliphatic heterocycles. The van der Waals surface area contributed by atoms with Crippen molar-refractivity contribution in [2.24, 2.45) is 5.73 Å². The Bertz CT molecular complexity index is 682. The van der Waals surface area contributed by atoms with Crippen LogP contribution in [0.2, 0.25) is 0 Å². The minimum Gasteiger partial charge on any atom is -0.347 e. The van der Waals surface area contributed by atoms with Gasteiger partial charge in [0.25, 0.3) is 0 Å². The summed E-state index contributed by atoms with van der Waals surface area (Å²) in [5.74, 6) is 0.395. The molecule has 3 aromatic rings. The van der Waals surface area contributed by atoms with Crippen LogP contribution in [-0.4, -0.2) is 11.1 Å². The Kier molecular flexibility index (Phi) is 3.90. The minimum absolute atomic E-state index is 0.395. The van der Waals surface area contributed by atoms with Crippen LogP contribution >= 0.6 is 11.3 Å². The molecular weight excluding hydrogens is 264 g/mol. The molecule has 2 aromatic heterocycles. The molecule has 3 rings (SSSR count). The summed E-state index contributed by atoms with van der Waals surface area (Å²) in [5.41, 5.74) is 8.76. The maximum atomic E-state index is 6.06. The Labute approximate surface area is 123 Å². The lowest BCUT2D eigenvalue weighted by Crippen LogP contribution is -2.14. The Morgan fingerprint density at radius 3 is 2.75 bits per heavy atom. The van der Waals surface area contributed by atoms with E-state index in [1.165, 1.54) is 21.3 Å². The maximum absolute atomic E-state index is 6.06. The third-order valence-electron chi connectivity index (χ3n) is 3.91. The molecule has 20 heavy (non-hydrogen) atoms. The summed E-state index contributed by atoms with van der Waals surface area (Å²) in [4.78, 5) is 1.41. The van der Waals surface area contributed by atoms with Crippen molar-refractivity contribution < 1.29 is 0 Å². The van der Waals surface area contributed by atoms with Crippen LogP contribution in [0.5, 0.6) is 0 Å². The fourth-order valence-electron chi connectivity index (χ4n) is 2.85. The highest BCUT2D eigenvalue weighted by atomic mass is 32.1. The molecule has 0 saturated carbocycles. The molecule has 0 saturated heterocycles. The van der Waals surface area contributed by atoms with E-state index in [9.17, 15) is 0 Å². The van der Waals surface area contributed by atoms with E-state index in [2.05, 4.69) is 59.5 Å². The number of aryl methyl sites for hydroxylation is 1. The van der Waals surface area contributed by atoms with Gasteiger partial charge < -0.3 is 10.3 Å². The quantitative estimate of drug-likeness (QED) is 0.754. The van der Waals surface area contributed by atoms with Gasteiger partial charge in [0.2, 0.25) is 0 Å². The van der Waals surface area contributed by atoms with E-state index in [-0.39, 0.29) is 0 Å². The first-order chi connectivity index (χ1) is 9.83. The Hall–Kier alpha value is -1.58. The smallest absolute Gasteiger partial charge is 0.0483 e. The predicted octanol–water partition coefficient (Wildman–Crippen LogP) is 4.01. The molecule has 0 aliphatic carbocycles. The second kappa shape index (κ2) is 5.81.